The van der Waals surface area contributed by atoms with Crippen LogP contribution in [0, 0.1) is 25.6 Å². The quantitative estimate of drug-likeness (QED) is 0.905. The molecule has 0 amide bonds. The molecule has 9 heteroatoms. The second-order valence-corrected chi connectivity index (χ2v) is 5.56. The van der Waals surface area contributed by atoms with Crippen molar-refractivity contribution in [1.82, 2.24) is 24.7 Å². The number of nitrogens with zero attached hydrogens (tertiary/aromatic N) is 6. The Bertz CT molecular complexity index is 739. The molecule has 2 aromatic rings. The third kappa shape index (κ3) is 2.99. The van der Waals surface area contributed by atoms with Crippen LogP contribution in [-0.2, 0) is 4.79 Å². The van der Waals surface area contributed by atoms with Crippen molar-refractivity contribution >= 4 is 11.9 Å². The number of hydrogen-bond donors (Lipinski definition) is 1. The number of hydrogen-bond acceptors (Lipinski definition) is 6. The first-order valence-electron chi connectivity index (χ1n) is 7.36. The highest BCUT2D eigenvalue weighted by Gasteiger charge is 2.26. The molecule has 1 aliphatic heterocycles. The summed E-state index contributed by atoms with van der Waals surface area (Å²) in [5.41, 5.74) is 0. The largest absolute Gasteiger partial charge is 0.481 e. The third-order valence-corrected chi connectivity index (χ3v) is 3.92. The Kier molecular flexibility index (Phi) is 3.93. The van der Waals surface area contributed by atoms with Crippen molar-refractivity contribution in [2.24, 2.45) is 5.92 Å². The van der Waals surface area contributed by atoms with Gasteiger partial charge in [0, 0.05) is 13.1 Å². The molecule has 3 heterocycles. The van der Waals surface area contributed by atoms with Gasteiger partial charge in [-0.05, 0) is 26.7 Å². The van der Waals surface area contributed by atoms with Gasteiger partial charge < -0.3 is 10.0 Å². The monoisotopic (exact) mass is 320 g/mol. The number of aryl methyl sites for hydroxylation is 2. The fourth-order valence-electron chi connectivity index (χ4n) is 2.70. The highest BCUT2D eigenvalue weighted by Crippen LogP contribution is 2.22. The van der Waals surface area contributed by atoms with E-state index in [2.05, 4.69) is 20.1 Å². The summed E-state index contributed by atoms with van der Waals surface area (Å²) in [5, 5.41) is 13.2. The van der Waals surface area contributed by atoms with Crippen molar-refractivity contribution in [3.8, 4) is 5.82 Å². The van der Waals surface area contributed by atoms with Gasteiger partial charge in [0.1, 0.15) is 11.6 Å². The summed E-state index contributed by atoms with van der Waals surface area (Å²) in [7, 11) is 0. The number of carboxylic acids is 1. The minimum absolute atomic E-state index is 0.0495. The number of anilines is 1. The van der Waals surface area contributed by atoms with Gasteiger partial charge in [-0.2, -0.15) is 9.67 Å². The maximum absolute atomic E-state index is 14.1. The number of rotatable bonds is 3. The van der Waals surface area contributed by atoms with E-state index in [9.17, 15) is 9.18 Å². The second kappa shape index (κ2) is 5.90. The molecule has 122 valence electrons. The summed E-state index contributed by atoms with van der Waals surface area (Å²) in [5.74, 6) is -0.209. The minimum atomic E-state index is -0.779. The number of aliphatic carboxylic acids is 1. The summed E-state index contributed by atoms with van der Waals surface area (Å²) in [6.45, 7) is 4.49. The van der Waals surface area contributed by atoms with E-state index in [0.717, 1.165) is 6.20 Å². The van der Waals surface area contributed by atoms with E-state index in [4.69, 9.17) is 5.11 Å². The van der Waals surface area contributed by atoms with Crippen LogP contribution in [0.5, 0.6) is 0 Å². The van der Waals surface area contributed by atoms with Crippen LogP contribution in [0.4, 0.5) is 10.3 Å². The Balaban J connectivity index is 1.87. The van der Waals surface area contributed by atoms with Crippen molar-refractivity contribution in [2.45, 2.75) is 26.7 Å². The fraction of sp³-hybridized carbons (Fsp3) is 0.500. The van der Waals surface area contributed by atoms with E-state index in [0.29, 0.717) is 43.5 Å². The summed E-state index contributed by atoms with van der Waals surface area (Å²) in [6.07, 6.45) is 2.15. The van der Waals surface area contributed by atoms with Gasteiger partial charge in [0.2, 0.25) is 5.95 Å². The van der Waals surface area contributed by atoms with Crippen LogP contribution in [0.2, 0.25) is 0 Å². The molecule has 0 spiro atoms. The molecule has 0 aliphatic carbocycles. The number of piperidine rings is 1. The molecule has 0 radical (unpaired) electrons. The van der Waals surface area contributed by atoms with Gasteiger partial charge in [0.25, 0.3) is 0 Å². The Labute approximate surface area is 132 Å². The zero-order chi connectivity index (χ0) is 16.6. The molecule has 0 atom stereocenters. The second-order valence-electron chi connectivity index (χ2n) is 5.56. The lowest BCUT2D eigenvalue weighted by atomic mass is 9.97. The van der Waals surface area contributed by atoms with E-state index in [1.54, 1.807) is 13.8 Å². The van der Waals surface area contributed by atoms with Crippen molar-refractivity contribution in [1.29, 1.82) is 0 Å². The Morgan fingerprint density at radius 1 is 1.30 bits per heavy atom. The Morgan fingerprint density at radius 3 is 2.57 bits per heavy atom. The summed E-state index contributed by atoms with van der Waals surface area (Å²) in [6, 6.07) is 0. The van der Waals surface area contributed by atoms with E-state index in [1.165, 1.54) is 4.68 Å². The number of carbonyl (C=O) groups is 1. The molecule has 1 aliphatic rings. The van der Waals surface area contributed by atoms with Crippen LogP contribution in [0.1, 0.15) is 24.5 Å². The van der Waals surface area contributed by atoms with E-state index >= 15 is 0 Å². The molecule has 23 heavy (non-hydrogen) atoms. The van der Waals surface area contributed by atoms with Crippen LogP contribution < -0.4 is 4.90 Å². The van der Waals surface area contributed by atoms with Gasteiger partial charge in [-0.25, -0.2) is 14.4 Å². The zero-order valence-electron chi connectivity index (χ0n) is 12.9. The van der Waals surface area contributed by atoms with Gasteiger partial charge in [-0.15, -0.1) is 5.10 Å². The third-order valence-electron chi connectivity index (χ3n) is 3.92. The lowest BCUT2D eigenvalue weighted by Gasteiger charge is -2.30. The fourth-order valence-corrected chi connectivity index (χ4v) is 2.70. The van der Waals surface area contributed by atoms with Crippen LogP contribution in [0.15, 0.2) is 6.20 Å². The standard InChI is InChI=1S/C14H17FN6O2/c1-8-17-9(2)21(19-8)12-11(15)7-16-14(18-12)20-5-3-10(4-6-20)13(22)23/h7,10H,3-6H2,1-2H3,(H,22,23). The SMILES string of the molecule is Cc1nc(C)n(-c2nc(N3CCC(C(=O)O)CC3)ncc2F)n1. The molecule has 3 rings (SSSR count). The molecule has 1 N–H and O–H groups in total. The normalized spacial score (nSPS) is 15.9. The minimum Gasteiger partial charge on any atom is -0.481 e. The molecule has 1 fully saturated rings. The highest BCUT2D eigenvalue weighted by molar-refractivity contribution is 5.70. The van der Waals surface area contributed by atoms with Crippen LogP contribution in [0.3, 0.4) is 0 Å². The van der Waals surface area contributed by atoms with Crippen molar-refractivity contribution < 1.29 is 14.3 Å². The first-order valence-corrected chi connectivity index (χ1v) is 7.36. The van der Waals surface area contributed by atoms with Crippen LogP contribution in [0.25, 0.3) is 5.82 Å². The smallest absolute Gasteiger partial charge is 0.306 e. The van der Waals surface area contributed by atoms with Gasteiger partial charge in [-0.3, -0.25) is 4.79 Å². The first kappa shape index (κ1) is 15.3. The maximum Gasteiger partial charge on any atom is 0.306 e. The molecular formula is C14H17FN6O2. The number of halogens is 1. The van der Waals surface area contributed by atoms with Gasteiger partial charge in [0.15, 0.2) is 11.6 Å². The van der Waals surface area contributed by atoms with Crippen LogP contribution in [-0.4, -0.2) is 48.9 Å². The molecular weight excluding hydrogens is 303 g/mol. The molecule has 0 unspecified atom stereocenters. The maximum atomic E-state index is 14.1. The van der Waals surface area contributed by atoms with Gasteiger partial charge >= 0.3 is 5.97 Å². The van der Waals surface area contributed by atoms with Crippen molar-refractivity contribution in [2.75, 3.05) is 18.0 Å². The lowest BCUT2D eigenvalue weighted by Crippen LogP contribution is -2.37. The highest BCUT2D eigenvalue weighted by atomic mass is 19.1. The lowest BCUT2D eigenvalue weighted by molar-refractivity contribution is -0.142. The predicted molar refractivity (Wildman–Crippen MR) is 79.0 cm³/mol. The Morgan fingerprint density at radius 2 is 2.00 bits per heavy atom. The molecule has 0 saturated carbocycles. The zero-order valence-corrected chi connectivity index (χ0v) is 12.9. The van der Waals surface area contributed by atoms with Gasteiger partial charge in [0.05, 0.1) is 12.1 Å². The van der Waals surface area contributed by atoms with E-state index < -0.39 is 11.8 Å². The number of carboxylic acid groups (broad SMARTS) is 1. The van der Waals surface area contributed by atoms with Crippen LogP contribution >= 0.6 is 0 Å². The molecule has 1 saturated heterocycles. The van der Waals surface area contributed by atoms with Gasteiger partial charge in [-0.1, -0.05) is 0 Å². The van der Waals surface area contributed by atoms with Crippen molar-refractivity contribution in [3.05, 3.63) is 23.7 Å². The molecule has 0 aromatic carbocycles. The Hall–Kier alpha value is -2.58. The van der Waals surface area contributed by atoms with Crippen molar-refractivity contribution in [3.63, 3.8) is 0 Å². The number of aromatic nitrogens is 5. The average Bonchev–Trinajstić information content (AvgIpc) is 2.86. The van der Waals surface area contributed by atoms with E-state index in [-0.39, 0.29) is 11.7 Å². The average molecular weight is 320 g/mol. The first-order chi connectivity index (χ1) is 11.0. The van der Waals surface area contributed by atoms with E-state index in [1.807, 2.05) is 4.90 Å². The summed E-state index contributed by atoms with van der Waals surface area (Å²) in [4.78, 5) is 25.3. The molecule has 0 bridgehead atoms. The topological polar surface area (TPSA) is 97.0 Å². The predicted octanol–water partition coefficient (Wildman–Crippen LogP) is 1.11. The molecule has 8 nitrogen and oxygen atoms in total. The summed E-state index contributed by atoms with van der Waals surface area (Å²) >= 11 is 0. The molecule has 2 aromatic heterocycles. The summed E-state index contributed by atoms with van der Waals surface area (Å²) < 4.78 is 15.4.